The minimum absolute atomic E-state index is 0.152. The molecule has 98 valence electrons. The molecule has 0 aliphatic carbocycles. The Bertz CT molecular complexity index is 463. The van der Waals surface area contributed by atoms with Crippen molar-refractivity contribution in [3.05, 3.63) is 17.7 Å². The lowest BCUT2D eigenvalue weighted by Crippen LogP contribution is -2.24. The van der Waals surface area contributed by atoms with E-state index < -0.39 is 9.84 Å². The number of sulfone groups is 1. The zero-order chi connectivity index (χ0) is 13.1. The Labute approximate surface area is 103 Å². The molecule has 0 saturated heterocycles. The highest BCUT2D eigenvalue weighted by atomic mass is 32.2. The molecule has 0 aliphatic rings. The van der Waals surface area contributed by atoms with Gasteiger partial charge in [0.15, 0.2) is 0 Å². The van der Waals surface area contributed by atoms with Crippen LogP contribution in [0.1, 0.15) is 25.4 Å². The maximum absolute atomic E-state index is 11.2. The Morgan fingerprint density at radius 2 is 2.12 bits per heavy atom. The third-order valence-electron chi connectivity index (χ3n) is 2.51. The largest absolute Gasteiger partial charge is 0.330 e. The normalized spacial score (nSPS) is 12.3. The van der Waals surface area contributed by atoms with E-state index in [-0.39, 0.29) is 5.75 Å². The number of hydrogen-bond donors (Lipinski definition) is 1. The molecule has 0 aliphatic heterocycles. The second-order valence-electron chi connectivity index (χ2n) is 4.61. The highest BCUT2D eigenvalue weighted by Gasteiger charge is 2.09. The molecule has 0 bridgehead atoms. The Balaban J connectivity index is 2.73. The number of aromatic nitrogens is 2. The Hall–Kier alpha value is -0.880. The molecule has 0 aromatic carbocycles. The summed E-state index contributed by atoms with van der Waals surface area (Å²) in [4.78, 5) is 4.22. The fourth-order valence-electron chi connectivity index (χ4n) is 1.53. The quantitative estimate of drug-likeness (QED) is 0.818. The minimum Gasteiger partial charge on any atom is -0.330 e. The summed E-state index contributed by atoms with van der Waals surface area (Å²) in [5.74, 6) is 1.01. The van der Waals surface area contributed by atoms with Crippen LogP contribution in [0.4, 0.5) is 0 Å². The summed E-state index contributed by atoms with van der Waals surface area (Å²) in [6, 6.07) is 0.397. The second kappa shape index (κ2) is 5.64. The van der Waals surface area contributed by atoms with Gasteiger partial charge in [0.2, 0.25) is 0 Å². The Morgan fingerprint density at radius 1 is 1.47 bits per heavy atom. The van der Waals surface area contributed by atoms with Gasteiger partial charge >= 0.3 is 0 Å². The summed E-state index contributed by atoms with van der Waals surface area (Å²) in [5.41, 5.74) is 1.03. The molecular weight excluding hydrogens is 238 g/mol. The molecule has 0 unspecified atom stereocenters. The molecule has 0 fully saturated rings. The van der Waals surface area contributed by atoms with Crippen LogP contribution in [0.25, 0.3) is 0 Å². The van der Waals surface area contributed by atoms with Gasteiger partial charge < -0.3 is 9.88 Å². The van der Waals surface area contributed by atoms with Gasteiger partial charge in [-0.3, -0.25) is 0 Å². The van der Waals surface area contributed by atoms with Gasteiger partial charge in [0.1, 0.15) is 15.7 Å². The maximum atomic E-state index is 11.2. The van der Waals surface area contributed by atoms with Crippen LogP contribution in [-0.4, -0.2) is 36.0 Å². The van der Waals surface area contributed by atoms with Gasteiger partial charge in [-0.05, 0) is 6.92 Å². The summed E-state index contributed by atoms with van der Waals surface area (Å²) < 4.78 is 24.3. The molecule has 1 N–H and O–H groups in total. The molecule has 0 radical (unpaired) electrons. The van der Waals surface area contributed by atoms with Crippen molar-refractivity contribution in [1.82, 2.24) is 14.9 Å². The first-order valence-corrected chi connectivity index (χ1v) is 7.78. The highest BCUT2D eigenvalue weighted by Crippen LogP contribution is 2.05. The van der Waals surface area contributed by atoms with Gasteiger partial charge in [0.25, 0.3) is 0 Å². The standard InChI is InChI=1S/C11H21N3O2S/c1-9(2)12-7-11-8-13-10(3)14(11)5-6-17(4,15)16/h8-9,12H,5-7H2,1-4H3. The van der Waals surface area contributed by atoms with E-state index in [0.29, 0.717) is 19.1 Å². The van der Waals surface area contributed by atoms with Crippen molar-refractivity contribution in [2.75, 3.05) is 12.0 Å². The summed E-state index contributed by atoms with van der Waals surface area (Å²) in [6.07, 6.45) is 3.05. The van der Waals surface area contributed by atoms with Crippen molar-refractivity contribution < 1.29 is 8.42 Å². The average molecular weight is 259 g/mol. The van der Waals surface area contributed by atoms with Crippen LogP contribution in [-0.2, 0) is 22.9 Å². The van der Waals surface area contributed by atoms with E-state index in [0.717, 1.165) is 11.5 Å². The summed E-state index contributed by atoms with van der Waals surface area (Å²) in [6.45, 7) is 7.22. The van der Waals surface area contributed by atoms with Gasteiger partial charge in [-0.15, -0.1) is 0 Å². The van der Waals surface area contributed by atoms with E-state index in [1.54, 1.807) is 6.20 Å². The number of aryl methyl sites for hydroxylation is 1. The molecule has 1 aromatic rings. The molecule has 0 amide bonds. The van der Waals surface area contributed by atoms with Crippen molar-refractivity contribution in [2.45, 2.75) is 39.9 Å². The van der Waals surface area contributed by atoms with Gasteiger partial charge in [-0.1, -0.05) is 13.8 Å². The molecule has 5 nitrogen and oxygen atoms in total. The zero-order valence-corrected chi connectivity index (χ0v) is 11.7. The van der Waals surface area contributed by atoms with Crippen LogP contribution in [0.2, 0.25) is 0 Å². The Kier molecular flexibility index (Phi) is 4.70. The lowest BCUT2D eigenvalue weighted by molar-refractivity contribution is 0.553. The first-order chi connectivity index (χ1) is 7.79. The van der Waals surface area contributed by atoms with Gasteiger partial charge in [-0.2, -0.15) is 0 Å². The fourth-order valence-corrected chi connectivity index (χ4v) is 2.04. The molecular formula is C11H21N3O2S. The third-order valence-corrected chi connectivity index (χ3v) is 3.44. The van der Waals surface area contributed by atoms with Crippen LogP contribution in [0.5, 0.6) is 0 Å². The number of nitrogens with one attached hydrogen (secondary N) is 1. The van der Waals surface area contributed by atoms with Crippen molar-refractivity contribution >= 4 is 9.84 Å². The van der Waals surface area contributed by atoms with Crippen molar-refractivity contribution in [3.8, 4) is 0 Å². The van der Waals surface area contributed by atoms with E-state index in [4.69, 9.17) is 0 Å². The van der Waals surface area contributed by atoms with Crippen LogP contribution < -0.4 is 5.32 Å². The lowest BCUT2D eigenvalue weighted by atomic mass is 10.3. The van der Waals surface area contributed by atoms with Crippen LogP contribution in [0.3, 0.4) is 0 Å². The third kappa shape index (κ3) is 4.87. The van der Waals surface area contributed by atoms with E-state index in [1.165, 1.54) is 6.26 Å². The average Bonchev–Trinajstić information content (AvgIpc) is 2.52. The number of rotatable bonds is 6. The zero-order valence-electron chi connectivity index (χ0n) is 10.9. The molecule has 1 heterocycles. The molecule has 6 heteroatoms. The van der Waals surface area contributed by atoms with E-state index in [2.05, 4.69) is 24.1 Å². The van der Waals surface area contributed by atoms with Gasteiger partial charge in [-0.25, -0.2) is 13.4 Å². The molecule has 0 saturated carbocycles. The number of imidazole rings is 1. The van der Waals surface area contributed by atoms with E-state index in [1.807, 2.05) is 11.5 Å². The Morgan fingerprint density at radius 3 is 2.65 bits per heavy atom. The fraction of sp³-hybridized carbons (Fsp3) is 0.727. The van der Waals surface area contributed by atoms with Crippen molar-refractivity contribution in [3.63, 3.8) is 0 Å². The SMILES string of the molecule is Cc1ncc(CNC(C)C)n1CCS(C)(=O)=O. The smallest absolute Gasteiger partial charge is 0.149 e. The van der Waals surface area contributed by atoms with Crippen molar-refractivity contribution in [2.24, 2.45) is 0 Å². The summed E-state index contributed by atoms with van der Waals surface area (Å²) in [5, 5.41) is 3.30. The molecule has 0 spiro atoms. The first-order valence-electron chi connectivity index (χ1n) is 5.71. The second-order valence-corrected chi connectivity index (χ2v) is 6.87. The molecule has 1 aromatic heterocycles. The van der Waals surface area contributed by atoms with Crippen LogP contribution >= 0.6 is 0 Å². The summed E-state index contributed by atoms with van der Waals surface area (Å²) in [7, 11) is -2.93. The molecule has 1 rings (SSSR count). The van der Waals surface area contributed by atoms with Crippen molar-refractivity contribution in [1.29, 1.82) is 0 Å². The topological polar surface area (TPSA) is 64.0 Å². The lowest BCUT2D eigenvalue weighted by Gasteiger charge is -2.12. The monoisotopic (exact) mass is 259 g/mol. The summed E-state index contributed by atoms with van der Waals surface area (Å²) >= 11 is 0. The highest BCUT2D eigenvalue weighted by molar-refractivity contribution is 7.90. The first kappa shape index (κ1) is 14.2. The van der Waals surface area contributed by atoms with Gasteiger partial charge in [0.05, 0.1) is 11.4 Å². The predicted octanol–water partition coefficient (Wildman–Crippen LogP) is 0.734. The molecule has 17 heavy (non-hydrogen) atoms. The van der Waals surface area contributed by atoms with Gasteiger partial charge in [0, 0.05) is 31.6 Å². The number of nitrogens with zero attached hydrogens (tertiary/aromatic N) is 2. The maximum Gasteiger partial charge on any atom is 0.149 e. The predicted molar refractivity (Wildman–Crippen MR) is 68.7 cm³/mol. The number of hydrogen-bond acceptors (Lipinski definition) is 4. The van der Waals surface area contributed by atoms with E-state index >= 15 is 0 Å². The minimum atomic E-state index is -2.93. The van der Waals surface area contributed by atoms with Crippen LogP contribution in [0.15, 0.2) is 6.20 Å². The van der Waals surface area contributed by atoms with Crippen LogP contribution in [0, 0.1) is 6.92 Å². The molecule has 0 atom stereocenters. The van der Waals surface area contributed by atoms with E-state index in [9.17, 15) is 8.42 Å².